The molecule has 1 aliphatic heterocycles. The fourth-order valence-electron chi connectivity index (χ4n) is 4.82. The topological polar surface area (TPSA) is 117 Å². The lowest BCUT2D eigenvalue weighted by atomic mass is 9.99. The summed E-state index contributed by atoms with van der Waals surface area (Å²) < 4.78 is 10.9. The summed E-state index contributed by atoms with van der Waals surface area (Å²) in [6, 6.07) is 17.0. The van der Waals surface area contributed by atoms with E-state index in [-0.39, 0.29) is 29.7 Å². The Morgan fingerprint density at radius 1 is 0.974 bits per heavy atom. The van der Waals surface area contributed by atoms with Crippen molar-refractivity contribution in [3.8, 4) is 11.5 Å². The van der Waals surface area contributed by atoms with Crippen molar-refractivity contribution in [3.05, 3.63) is 82.9 Å². The van der Waals surface area contributed by atoms with Gasteiger partial charge in [-0.15, -0.1) is 0 Å². The van der Waals surface area contributed by atoms with Crippen LogP contribution in [0.2, 0.25) is 0 Å². The lowest BCUT2D eigenvalue weighted by Crippen LogP contribution is -2.32. The molecule has 1 fully saturated rings. The van der Waals surface area contributed by atoms with Gasteiger partial charge in [-0.05, 0) is 55.2 Å². The van der Waals surface area contributed by atoms with Crippen molar-refractivity contribution in [3.63, 3.8) is 0 Å². The number of carbonyl (C=O) groups is 3. The van der Waals surface area contributed by atoms with Crippen molar-refractivity contribution in [1.29, 1.82) is 0 Å². The van der Waals surface area contributed by atoms with Crippen LogP contribution < -0.4 is 20.1 Å². The van der Waals surface area contributed by atoms with Crippen molar-refractivity contribution < 1.29 is 29.0 Å². The zero-order valence-electron chi connectivity index (χ0n) is 21.6. The van der Waals surface area contributed by atoms with E-state index in [1.807, 2.05) is 37.3 Å². The molecule has 3 N–H and O–H groups in total. The third kappa shape index (κ3) is 5.72. The number of benzene rings is 3. The number of anilines is 2. The second-order valence-electron chi connectivity index (χ2n) is 9.08. The molecule has 9 nitrogen and oxygen atoms in total. The van der Waals surface area contributed by atoms with E-state index in [9.17, 15) is 19.5 Å². The molecule has 0 saturated carbocycles. The van der Waals surface area contributed by atoms with Crippen LogP contribution >= 0.6 is 0 Å². The Morgan fingerprint density at radius 2 is 1.74 bits per heavy atom. The molecule has 198 valence electrons. The highest BCUT2D eigenvalue weighted by molar-refractivity contribution is 6.01. The van der Waals surface area contributed by atoms with Crippen molar-refractivity contribution in [2.45, 2.75) is 32.2 Å². The number of urea groups is 1. The van der Waals surface area contributed by atoms with Crippen LogP contribution in [-0.2, 0) is 11.2 Å². The molecule has 3 amide bonds. The SMILES string of the molecule is COc1cc(CC(=O)N2CCCC2c2cccc(C(=O)O)c2OC)ccc1NC(=O)Nc1ccccc1C. The molecule has 9 heteroatoms. The van der Waals surface area contributed by atoms with Gasteiger partial charge in [-0.3, -0.25) is 4.79 Å². The average molecular weight is 518 g/mol. The van der Waals surface area contributed by atoms with Gasteiger partial charge in [0.15, 0.2) is 0 Å². The summed E-state index contributed by atoms with van der Waals surface area (Å²) >= 11 is 0. The molecule has 0 radical (unpaired) electrons. The van der Waals surface area contributed by atoms with E-state index in [0.29, 0.717) is 35.7 Å². The predicted molar refractivity (Wildman–Crippen MR) is 144 cm³/mol. The van der Waals surface area contributed by atoms with E-state index in [1.54, 1.807) is 29.2 Å². The van der Waals surface area contributed by atoms with E-state index in [4.69, 9.17) is 9.47 Å². The number of para-hydroxylation sites is 2. The molecule has 1 atom stereocenters. The number of likely N-dealkylation sites (tertiary alicyclic amines) is 1. The molecule has 0 aliphatic carbocycles. The first-order chi connectivity index (χ1) is 18.3. The van der Waals surface area contributed by atoms with Gasteiger partial charge in [0.2, 0.25) is 5.91 Å². The molecule has 1 heterocycles. The minimum Gasteiger partial charge on any atom is -0.495 e. The molecule has 1 saturated heterocycles. The van der Waals surface area contributed by atoms with Gasteiger partial charge in [-0.25, -0.2) is 9.59 Å². The number of nitrogens with zero attached hydrogens (tertiary/aromatic N) is 1. The number of carbonyl (C=O) groups excluding carboxylic acids is 2. The molecular formula is C29H31N3O6. The molecule has 38 heavy (non-hydrogen) atoms. The summed E-state index contributed by atoms with van der Waals surface area (Å²) in [6.45, 7) is 2.48. The summed E-state index contributed by atoms with van der Waals surface area (Å²) in [4.78, 5) is 39.3. The zero-order chi connectivity index (χ0) is 27.2. The van der Waals surface area contributed by atoms with Crippen LogP contribution in [0.3, 0.4) is 0 Å². The van der Waals surface area contributed by atoms with Crippen molar-refractivity contribution in [2.75, 3.05) is 31.4 Å². The molecule has 0 aromatic heterocycles. The lowest BCUT2D eigenvalue weighted by Gasteiger charge is -2.27. The molecule has 1 aliphatic rings. The number of aromatic carboxylic acids is 1. The van der Waals surface area contributed by atoms with Gasteiger partial charge in [0.25, 0.3) is 0 Å². The molecule has 0 bridgehead atoms. The number of nitrogens with one attached hydrogen (secondary N) is 2. The van der Waals surface area contributed by atoms with Gasteiger partial charge in [-0.2, -0.15) is 0 Å². The minimum absolute atomic E-state index is 0.0728. The Morgan fingerprint density at radius 3 is 2.45 bits per heavy atom. The number of aryl methyl sites for hydroxylation is 1. The van der Waals surface area contributed by atoms with Crippen molar-refractivity contribution >= 4 is 29.3 Å². The van der Waals surface area contributed by atoms with E-state index in [0.717, 1.165) is 17.5 Å². The molecule has 3 aromatic carbocycles. The van der Waals surface area contributed by atoms with Gasteiger partial charge in [0.1, 0.15) is 17.1 Å². The first-order valence-corrected chi connectivity index (χ1v) is 12.3. The van der Waals surface area contributed by atoms with Crippen molar-refractivity contribution in [2.24, 2.45) is 0 Å². The smallest absolute Gasteiger partial charge is 0.339 e. The maximum absolute atomic E-state index is 13.4. The molecule has 1 unspecified atom stereocenters. The van der Waals surface area contributed by atoms with Gasteiger partial charge < -0.3 is 30.1 Å². The number of amides is 3. The highest BCUT2D eigenvalue weighted by Gasteiger charge is 2.33. The Labute approximate surface area is 221 Å². The largest absolute Gasteiger partial charge is 0.495 e. The van der Waals surface area contributed by atoms with Crippen LogP contribution in [0.5, 0.6) is 11.5 Å². The van der Waals surface area contributed by atoms with Crippen molar-refractivity contribution in [1.82, 2.24) is 4.90 Å². The molecule has 4 rings (SSSR count). The molecule has 3 aromatic rings. The fourth-order valence-corrected chi connectivity index (χ4v) is 4.82. The summed E-state index contributed by atoms with van der Waals surface area (Å²) in [7, 11) is 2.94. The lowest BCUT2D eigenvalue weighted by molar-refractivity contribution is -0.131. The van der Waals surface area contributed by atoms with Crippen LogP contribution in [0.4, 0.5) is 16.2 Å². The summed E-state index contributed by atoms with van der Waals surface area (Å²) in [5.74, 6) is -0.446. The fraction of sp³-hybridized carbons (Fsp3) is 0.276. The molecule has 0 spiro atoms. The maximum atomic E-state index is 13.4. The van der Waals surface area contributed by atoms with Crippen LogP contribution in [0.15, 0.2) is 60.7 Å². The third-order valence-electron chi connectivity index (χ3n) is 6.67. The standard InChI is InChI=1S/C29H31N3O6/c1-18-8-4-5-11-22(18)30-29(36)31-23-14-13-19(16-25(23)37-2)17-26(33)32-15-7-12-24(32)20-9-6-10-21(28(34)35)27(20)38-3/h4-6,8-11,13-14,16,24H,7,12,15,17H2,1-3H3,(H,34,35)(H2,30,31,36). The highest BCUT2D eigenvalue weighted by Crippen LogP contribution is 2.39. The van der Waals surface area contributed by atoms with E-state index < -0.39 is 12.0 Å². The average Bonchev–Trinajstić information content (AvgIpc) is 3.40. The normalized spacial score (nSPS) is 14.6. The van der Waals surface area contributed by atoms with Crippen LogP contribution in [-0.4, -0.2) is 48.7 Å². The number of methoxy groups -OCH3 is 2. The Kier molecular flexibility index (Phi) is 8.15. The van der Waals surface area contributed by atoms with E-state index in [1.165, 1.54) is 20.3 Å². The quantitative estimate of drug-likeness (QED) is 0.375. The van der Waals surface area contributed by atoms with E-state index in [2.05, 4.69) is 10.6 Å². The van der Waals surface area contributed by atoms with Crippen LogP contribution in [0.1, 0.15) is 45.9 Å². The van der Waals surface area contributed by atoms with Crippen LogP contribution in [0.25, 0.3) is 0 Å². The number of carboxylic acids is 1. The number of carboxylic acid groups (broad SMARTS) is 1. The van der Waals surface area contributed by atoms with Gasteiger partial charge in [0.05, 0.1) is 32.4 Å². The summed E-state index contributed by atoms with van der Waals surface area (Å²) in [5, 5.41) is 15.2. The summed E-state index contributed by atoms with van der Waals surface area (Å²) in [5.41, 5.74) is 3.61. The minimum atomic E-state index is -1.08. The summed E-state index contributed by atoms with van der Waals surface area (Å²) in [6.07, 6.45) is 1.65. The second kappa shape index (κ2) is 11.7. The highest BCUT2D eigenvalue weighted by atomic mass is 16.5. The first kappa shape index (κ1) is 26.5. The maximum Gasteiger partial charge on any atom is 0.339 e. The zero-order valence-corrected chi connectivity index (χ0v) is 21.6. The second-order valence-corrected chi connectivity index (χ2v) is 9.08. The van der Waals surface area contributed by atoms with E-state index >= 15 is 0 Å². The Bertz CT molecular complexity index is 1360. The number of rotatable bonds is 8. The van der Waals surface area contributed by atoms with Crippen LogP contribution in [0, 0.1) is 6.92 Å². The monoisotopic (exact) mass is 517 g/mol. The number of hydrogen-bond donors (Lipinski definition) is 3. The first-order valence-electron chi connectivity index (χ1n) is 12.3. The predicted octanol–water partition coefficient (Wildman–Crippen LogP) is 5.26. The Hall–Kier alpha value is -4.53. The number of ether oxygens (including phenoxy) is 2. The van der Waals surface area contributed by atoms with Gasteiger partial charge in [-0.1, -0.05) is 36.4 Å². The molecular weight excluding hydrogens is 486 g/mol. The third-order valence-corrected chi connectivity index (χ3v) is 6.67. The van der Waals surface area contributed by atoms with Gasteiger partial charge in [0, 0.05) is 17.8 Å². The Balaban J connectivity index is 1.48. The number of hydrogen-bond acceptors (Lipinski definition) is 5. The van der Waals surface area contributed by atoms with Gasteiger partial charge >= 0.3 is 12.0 Å².